The Balaban J connectivity index is 2.80. The van der Waals surface area contributed by atoms with Gasteiger partial charge in [0.1, 0.15) is 27.5 Å². The Hall–Kier alpha value is -2.82. The smallest absolute Gasteiger partial charge is 0.413 e. The average molecular weight is 470 g/mol. The summed E-state index contributed by atoms with van der Waals surface area (Å²) in [6.07, 6.45) is 0.352. The molecule has 0 fully saturated rings. The lowest BCUT2D eigenvalue weighted by atomic mass is 9.85. The van der Waals surface area contributed by atoms with Crippen LogP contribution in [0.1, 0.15) is 53.5 Å². The summed E-state index contributed by atoms with van der Waals surface area (Å²) in [7, 11) is -4.12. The summed E-state index contributed by atoms with van der Waals surface area (Å²) in [5, 5.41) is 12.4. The number of aliphatic imine (C=N–C) groups is 1. The standard InChI is InChI=1S/C21H28FN3O6S/c1-8-9-16-21(7,14-12-13(25(27)28)10-11-15(14)22)24-17(20(5,6)32(16,29)30)23-18(26)31-19(2,3)4/h8,10-12,16H,1,9H2,2-7H3,(H,23,24,26). The van der Waals surface area contributed by atoms with Crippen molar-refractivity contribution >= 4 is 27.5 Å². The first kappa shape index (κ1) is 25.4. The molecule has 1 aromatic carbocycles. The molecule has 1 aliphatic heterocycles. The highest BCUT2D eigenvalue weighted by Crippen LogP contribution is 2.45. The second kappa shape index (κ2) is 8.27. The maximum atomic E-state index is 14.9. The van der Waals surface area contributed by atoms with Gasteiger partial charge in [0, 0.05) is 17.7 Å². The molecule has 0 aromatic heterocycles. The zero-order chi connectivity index (χ0) is 24.7. The molecule has 0 saturated carbocycles. The second-order valence-corrected chi connectivity index (χ2v) is 11.9. The molecule has 1 N–H and O–H groups in total. The molecule has 11 heteroatoms. The van der Waals surface area contributed by atoms with Crippen molar-refractivity contribution in [2.75, 3.05) is 0 Å². The first-order chi connectivity index (χ1) is 14.5. The normalized spacial score (nSPS) is 24.2. The summed E-state index contributed by atoms with van der Waals surface area (Å²) in [6.45, 7) is 12.6. The van der Waals surface area contributed by atoms with E-state index in [0.717, 1.165) is 18.2 Å². The van der Waals surface area contributed by atoms with Gasteiger partial charge in [-0.3, -0.25) is 20.4 Å². The number of ether oxygens (including phenoxy) is 1. The number of amidine groups is 1. The van der Waals surface area contributed by atoms with Crippen LogP contribution in [0, 0.1) is 15.9 Å². The average Bonchev–Trinajstić information content (AvgIpc) is 2.62. The fraction of sp³-hybridized carbons (Fsp3) is 0.524. The lowest BCUT2D eigenvalue weighted by Crippen LogP contribution is -2.61. The Morgan fingerprint density at radius 1 is 1.38 bits per heavy atom. The number of nitro groups is 1. The molecule has 2 rings (SSSR count). The Bertz CT molecular complexity index is 1090. The van der Waals surface area contributed by atoms with E-state index in [9.17, 15) is 27.7 Å². The van der Waals surface area contributed by atoms with Gasteiger partial charge in [-0.15, -0.1) is 6.58 Å². The van der Waals surface area contributed by atoms with Gasteiger partial charge >= 0.3 is 6.09 Å². The Labute approximate surface area is 186 Å². The summed E-state index contributed by atoms with van der Waals surface area (Å²) in [6, 6.07) is 2.84. The number of alkyl carbamates (subject to hydrolysis) is 1. The molecule has 1 aromatic rings. The summed E-state index contributed by atoms with van der Waals surface area (Å²) in [5.74, 6) is -1.11. The minimum absolute atomic E-state index is 0.0897. The number of non-ortho nitro benzene ring substituents is 1. The molecule has 1 heterocycles. The number of carbonyl (C=O) groups is 1. The monoisotopic (exact) mass is 469 g/mol. The minimum atomic E-state index is -4.12. The van der Waals surface area contributed by atoms with E-state index in [-0.39, 0.29) is 17.8 Å². The number of halogens is 1. The topological polar surface area (TPSA) is 128 Å². The summed E-state index contributed by atoms with van der Waals surface area (Å²) < 4.78 is 45.8. The number of amides is 1. The zero-order valence-electron chi connectivity index (χ0n) is 18.9. The predicted octanol–water partition coefficient (Wildman–Crippen LogP) is 4.02. The third-order valence-electron chi connectivity index (χ3n) is 5.33. The molecule has 1 aliphatic rings. The molecule has 0 radical (unpaired) electrons. The fourth-order valence-electron chi connectivity index (χ4n) is 3.57. The first-order valence-corrected chi connectivity index (χ1v) is 11.4. The van der Waals surface area contributed by atoms with E-state index < -0.39 is 53.5 Å². The van der Waals surface area contributed by atoms with E-state index >= 15 is 0 Å². The van der Waals surface area contributed by atoms with Crippen molar-refractivity contribution < 1.29 is 27.3 Å². The van der Waals surface area contributed by atoms with Gasteiger partial charge in [0.25, 0.3) is 5.69 Å². The molecule has 9 nitrogen and oxygen atoms in total. The van der Waals surface area contributed by atoms with Gasteiger partial charge in [-0.1, -0.05) is 6.08 Å². The number of hydrogen-bond acceptors (Lipinski definition) is 7. The van der Waals surface area contributed by atoms with Gasteiger partial charge in [0.05, 0.1) is 10.2 Å². The molecule has 2 unspecified atom stereocenters. The van der Waals surface area contributed by atoms with Crippen LogP contribution in [0.3, 0.4) is 0 Å². The van der Waals surface area contributed by atoms with E-state index in [0.29, 0.717) is 0 Å². The van der Waals surface area contributed by atoms with Gasteiger partial charge in [0.15, 0.2) is 9.84 Å². The Kier molecular flexibility index (Phi) is 6.57. The fourth-order valence-corrected chi connectivity index (χ4v) is 5.82. The van der Waals surface area contributed by atoms with Gasteiger partial charge in [-0.2, -0.15) is 0 Å². The van der Waals surface area contributed by atoms with Crippen LogP contribution in [0.15, 0.2) is 35.8 Å². The highest BCUT2D eigenvalue weighted by molar-refractivity contribution is 7.94. The van der Waals surface area contributed by atoms with Crippen molar-refractivity contribution in [3.63, 3.8) is 0 Å². The zero-order valence-corrected chi connectivity index (χ0v) is 19.7. The number of nitrogens with zero attached hydrogens (tertiary/aromatic N) is 2. The maximum Gasteiger partial charge on any atom is 0.413 e. The Morgan fingerprint density at radius 3 is 2.47 bits per heavy atom. The predicted molar refractivity (Wildman–Crippen MR) is 119 cm³/mol. The van der Waals surface area contributed by atoms with Crippen molar-refractivity contribution in [3.8, 4) is 0 Å². The van der Waals surface area contributed by atoms with Crippen LogP contribution in [0.5, 0.6) is 0 Å². The van der Waals surface area contributed by atoms with E-state index in [4.69, 9.17) is 4.74 Å². The number of rotatable bonds is 4. The van der Waals surface area contributed by atoms with Gasteiger partial charge in [-0.25, -0.2) is 17.6 Å². The first-order valence-electron chi connectivity index (χ1n) is 9.86. The molecule has 0 bridgehead atoms. The summed E-state index contributed by atoms with van der Waals surface area (Å²) in [5.41, 5.74) is -3.34. The third kappa shape index (κ3) is 4.52. The highest BCUT2D eigenvalue weighted by Gasteiger charge is 2.57. The van der Waals surface area contributed by atoms with Crippen molar-refractivity contribution in [1.29, 1.82) is 0 Å². The molecular formula is C21H28FN3O6S. The van der Waals surface area contributed by atoms with E-state index in [1.54, 1.807) is 20.8 Å². The molecular weight excluding hydrogens is 441 g/mol. The number of carbonyl (C=O) groups excluding carboxylic acids is 1. The number of nitro benzene ring substituents is 1. The van der Waals surface area contributed by atoms with Gasteiger partial charge in [0.2, 0.25) is 0 Å². The summed E-state index contributed by atoms with van der Waals surface area (Å²) in [4.78, 5) is 27.4. The molecule has 32 heavy (non-hydrogen) atoms. The quantitative estimate of drug-likeness (QED) is 0.403. The highest BCUT2D eigenvalue weighted by atomic mass is 32.2. The van der Waals surface area contributed by atoms with Crippen LogP contribution in [0.2, 0.25) is 0 Å². The number of sulfone groups is 1. The summed E-state index contributed by atoms with van der Waals surface area (Å²) >= 11 is 0. The minimum Gasteiger partial charge on any atom is -0.444 e. The van der Waals surface area contributed by atoms with Crippen LogP contribution in [0.4, 0.5) is 14.9 Å². The van der Waals surface area contributed by atoms with E-state index in [1.807, 2.05) is 0 Å². The van der Waals surface area contributed by atoms with Crippen LogP contribution >= 0.6 is 0 Å². The molecule has 0 saturated heterocycles. The molecule has 176 valence electrons. The second-order valence-electron chi connectivity index (χ2n) is 9.22. The third-order valence-corrected chi connectivity index (χ3v) is 8.35. The number of allylic oxidation sites excluding steroid dienone is 1. The molecule has 0 aliphatic carbocycles. The lowest BCUT2D eigenvalue weighted by Gasteiger charge is -2.44. The van der Waals surface area contributed by atoms with Crippen LogP contribution < -0.4 is 5.32 Å². The molecule has 0 spiro atoms. The van der Waals surface area contributed by atoms with Crippen LogP contribution in [-0.4, -0.2) is 40.9 Å². The van der Waals surface area contributed by atoms with Crippen molar-refractivity contribution in [3.05, 3.63) is 52.3 Å². The largest absolute Gasteiger partial charge is 0.444 e. The number of nitrogens with one attached hydrogen (secondary N) is 1. The van der Waals surface area contributed by atoms with Crippen molar-refractivity contribution in [2.24, 2.45) is 4.99 Å². The molecule has 2 atom stereocenters. The molecule has 1 amide bonds. The number of benzene rings is 1. The SMILES string of the molecule is C=CCC1C(C)(c2cc([N+](=O)[O-])ccc2F)N=C(NC(=O)OC(C)(C)C)C(C)(C)S1(=O)=O. The number of hydrogen-bond donors (Lipinski definition) is 1. The van der Waals surface area contributed by atoms with Crippen LogP contribution in [0.25, 0.3) is 0 Å². The van der Waals surface area contributed by atoms with Gasteiger partial charge in [-0.05, 0) is 54.0 Å². The van der Waals surface area contributed by atoms with Crippen LogP contribution in [-0.2, 0) is 20.1 Å². The lowest BCUT2D eigenvalue weighted by molar-refractivity contribution is -0.385. The van der Waals surface area contributed by atoms with Crippen molar-refractivity contribution in [1.82, 2.24) is 5.32 Å². The Morgan fingerprint density at radius 2 is 1.97 bits per heavy atom. The van der Waals surface area contributed by atoms with E-state index in [2.05, 4.69) is 16.9 Å². The van der Waals surface area contributed by atoms with Gasteiger partial charge < -0.3 is 4.74 Å². The van der Waals surface area contributed by atoms with E-state index in [1.165, 1.54) is 26.8 Å². The maximum absolute atomic E-state index is 14.9. The van der Waals surface area contributed by atoms with Crippen molar-refractivity contribution in [2.45, 2.75) is 69.1 Å².